The first-order chi connectivity index (χ1) is 22.3. The Morgan fingerprint density at radius 2 is 1.81 bits per heavy atom. The van der Waals surface area contributed by atoms with E-state index in [1.165, 1.54) is 4.31 Å². The van der Waals surface area contributed by atoms with Crippen LogP contribution in [0.5, 0.6) is 5.75 Å². The number of para-hydroxylation sites is 1. The average molecular weight is 661 g/mol. The Kier molecular flexibility index (Phi) is 9.88. The van der Waals surface area contributed by atoms with E-state index in [0.717, 1.165) is 38.9 Å². The Bertz CT molecular complexity index is 1920. The first-order valence-corrected chi connectivity index (χ1v) is 17.7. The minimum Gasteiger partial charge on any atom is -0.488 e. The average Bonchev–Trinajstić information content (AvgIpc) is 3.42. The van der Waals surface area contributed by atoms with Crippen molar-refractivity contribution >= 4 is 32.8 Å². The molecule has 0 spiro atoms. The quantitative estimate of drug-likeness (QED) is 0.184. The molecule has 0 aliphatic carbocycles. The first-order valence-electron chi connectivity index (χ1n) is 16.2. The van der Waals surface area contributed by atoms with Gasteiger partial charge in [-0.2, -0.15) is 4.31 Å². The minimum atomic E-state index is -3.86. The van der Waals surface area contributed by atoms with Gasteiger partial charge in [0.25, 0.3) is 0 Å². The van der Waals surface area contributed by atoms with Crippen LogP contribution in [0.4, 0.5) is 0 Å². The molecule has 250 valence electrons. The van der Waals surface area contributed by atoms with Crippen LogP contribution in [0.2, 0.25) is 0 Å². The van der Waals surface area contributed by atoms with Crippen molar-refractivity contribution in [3.63, 3.8) is 0 Å². The van der Waals surface area contributed by atoms with Crippen molar-refractivity contribution in [1.29, 1.82) is 0 Å². The molecular weight excluding hydrogens is 616 g/mol. The normalized spacial score (nSPS) is 17.1. The Morgan fingerprint density at radius 1 is 1.06 bits per heavy atom. The van der Waals surface area contributed by atoms with Crippen LogP contribution in [-0.2, 0) is 32.7 Å². The number of ketones is 1. The van der Waals surface area contributed by atoms with Crippen LogP contribution in [0.15, 0.2) is 59.5 Å². The molecule has 11 heteroatoms. The van der Waals surface area contributed by atoms with Gasteiger partial charge in [0.05, 0.1) is 12.1 Å². The molecule has 0 saturated heterocycles. The number of aryl methyl sites for hydroxylation is 3. The fourth-order valence-corrected chi connectivity index (χ4v) is 8.20. The number of aromatic nitrogens is 3. The summed E-state index contributed by atoms with van der Waals surface area (Å²) in [5.41, 5.74) is 5.19. The Balaban J connectivity index is 1.61. The van der Waals surface area contributed by atoms with E-state index in [0.29, 0.717) is 18.7 Å². The van der Waals surface area contributed by atoms with Crippen molar-refractivity contribution in [3.8, 4) is 5.75 Å². The molecule has 2 atom stereocenters. The van der Waals surface area contributed by atoms with Crippen molar-refractivity contribution in [1.82, 2.24) is 19.3 Å². The van der Waals surface area contributed by atoms with Crippen LogP contribution in [0.1, 0.15) is 87.1 Å². The summed E-state index contributed by atoms with van der Waals surface area (Å²) in [7, 11) is -3.86. The Labute approximate surface area is 276 Å². The lowest BCUT2D eigenvalue weighted by Gasteiger charge is -2.35. The van der Waals surface area contributed by atoms with Gasteiger partial charge in [-0.3, -0.25) is 9.59 Å². The monoisotopic (exact) mass is 660 g/mol. The summed E-state index contributed by atoms with van der Waals surface area (Å²) in [6, 6.07) is 16.8. The topological polar surface area (TPSA) is 132 Å². The molecule has 0 fully saturated rings. The van der Waals surface area contributed by atoms with Crippen LogP contribution in [0.25, 0.3) is 11.0 Å². The molecule has 47 heavy (non-hydrogen) atoms. The summed E-state index contributed by atoms with van der Waals surface area (Å²) in [5, 5.41) is 18.0. The van der Waals surface area contributed by atoms with Crippen molar-refractivity contribution < 1.29 is 27.9 Å². The van der Waals surface area contributed by atoms with Crippen LogP contribution in [0.3, 0.4) is 0 Å². The Morgan fingerprint density at radius 3 is 2.51 bits per heavy atom. The molecule has 1 aliphatic heterocycles. The number of carbonyl (C=O) groups is 2. The minimum absolute atomic E-state index is 0.0442. The highest BCUT2D eigenvalue weighted by molar-refractivity contribution is 7.89. The van der Waals surface area contributed by atoms with Gasteiger partial charge in [-0.05, 0) is 79.6 Å². The number of Topliss-reactive ketones (excluding diaryl/α,β-unsaturated/α-hetero) is 1. The van der Waals surface area contributed by atoms with Crippen LogP contribution in [0, 0.1) is 19.3 Å². The van der Waals surface area contributed by atoms with Gasteiger partial charge >= 0.3 is 5.97 Å². The zero-order valence-corrected chi connectivity index (χ0v) is 28.8. The van der Waals surface area contributed by atoms with Gasteiger partial charge in [0, 0.05) is 37.3 Å². The van der Waals surface area contributed by atoms with E-state index in [1.807, 2.05) is 76.6 Å². The summed E-state index contributed by atoms with van der Waals surface area (Å²) in [6.07, 6.45) is 0.636. The number of ether oxygens (including phenoxy) is 1. The highest BCUT2D eigenvalue weighted by Gasteiger charge is 2.40. The number of hydrogen-bond acceptors (Lipinski definition) is 7. The van der Waals surface area contributed by atoms with Crippen molar-refractivity contribution in [3.05, 3.63) is 82.4 Å². The number of carbonyl (C=O) groups excluding carboxylic acids is 1. The molecule has 5 rings (SSSR count). The zero-order valence-electron chi connectivity index (χ0n) is 28.0. The lowest BCUT2D eigenvalue weighted by Crippen LogP contribution is -2.36. The maximum Gasteiger partial charge on any atom is 0.303 e. The third-order valence-electron chi connectivity index (χ3n) is 9.50. The number of aliphatic carboxylic acids is 1. The van der Waals surface area contributed by atoms with Crippen molar-refractivity contribution in [2.75, 3.05) is 6.54 Å². The van der Waals surface area contributed by atoms with Gasteiger partial charge < -0.3 is 9.84 Å². The highest BCUT2D eigenvalue weighted by atomic mass is 32.2. The number of nitrogens with zero attached hydrogens (tertiary/aromatic N) is 4. The molecule has 3 aromatic carbocycles. The third kappa shape index (κ3) is 6.69. The van der Waals surface area contributed by atoms with E-state index in [4.69, 9.17) is 4.74 Å². The molecule has 0 amide bonds. The van der Waals surface area contributed by atoms with Gasteiger partial charge in [-0.1, -0.05) is 62.4 Å². The van der Waals surface area contributed by atoms with E-state index >= 15 is 0 Å². The molecule has 4 aromatic rings. The SMILES string of the molecule is CC[C@@H]1CN(Cc2cc([C@@H](c3ccc4c(nnn4CC)c3C)C(C)(C)C(=O)CCCC(=O)O)ccc2C)S(=O)(=O)c2ccccc2O1. The molecule has 0 unspecified atom stereocenters. The predicted molar refractivity (Wildman–Crippen MR) is 180 cm³/mol. The number of carboxylic acid groups (broad SMARTS) is 1. The largest absolute Gasteiger partial charge is 0.488 e. The zero-order chi connectivity index (χ0) is 34.1. The molecule has 0 radical (unpaired) electrons. The number of hydrogen-bond donors (Lipinski definition) is 1. The molecular formula is C36H44N4O6S. The molecule has 0 saturated carbocycles. The first kappa shape index (κ1) is 34.3. The number of fused-ring (bicyclic) bond motifs is 2. The fourth-order valence-electron chi connectivity index (χ4n) is 6.63. The maximum absolute atomic E-state index is 14.0. The second kappa shape index (κ2) is 13.6. The fraction of sp³-hybridized carbons (Fsp3) is 0.444. The van der Waals surface area contributed by atoms with E-state index in [2.05, 4.69) is 10.3 Å². The van der Waals surface area contributed by atoms with E-state index in [9.17, 15) is 23.1 Å². The van der Waals surface area contributed by atoms with Gasteiger partial charge in [-0.15, -0.1) is 5.10 Å². The van der Waals surface area contributed by atoms with Crippen LogP contribution >= 0.6 is 0 Å². The summed E-state index contributed by atoms with van der Waals surface area (Å²) < 4.78 is 37.4. The predicted octanol–water partition coefficient (Wildman–Crippen LogP) is 6.41. The summed E-state index contributed by atoms with van der Waals surface area (Å²) in [4.78, 5) is 25.3. The smallest absolute Gasteiger partial charge is 0.303 e. The second-order valence-electron chi connectivity index (χ2n) is 13.0. The molecule has 0 bridgehead atoms. The standard InChI is InChI=1S/C36H44N4O6S/c1-7-27-22-39(47(44,45)31-13-10-9-12-30(31)46-27)21-26-20-25(17-16-23(26)3)34(36(5,6)32(41)14-11-15-33(42)43)28-18-19-29-35(24(28)4)37-38-40(29)8-2/h9-10,12-13,16-20,27,34H,7-8,11,14-15,21-22H2,1-6H3,(H,42,43)/t27-,34+/m1/s1. The molecule has 1 aromatic heterocycles. The van der Waals surface area contributed by atoms with Gasteiger partial charge in [0.15, 0.2) is 0 Å². The van der Waals surface area contributed by atoms with E-state index in [-0.39, 0.29) is 49.1 Å². The van der Waals surface area contributed by atoms with Crippen molar-refractivity contribution in [2.24, 2.45) is 5.41 Å². The maximum atomic E-state index is 14.0. The number of sulfonamides is 1. The lowest BCUT2D eigenvalue weighted by molar-refractivity contribution is -0.137. The highest BCUT2D eigenvalue weighted by Crippen LogP contribution is 2.45. The summed E-state index contributed by atoms with van der Waals surface area (Å²) >= 11 is 0. The number of rotatable bonds is 12. The Hall–Kier alpha value is -4.09. The molecule has 2 heterocycles. The number of carboxylic acids is 1. The lowest BCUT2D eigenvalue weighted by atomic mass is 9.66. The van der Waals surface area contributed by atoms with Gasteiger partial charge in [0.2, 0.25) is 10.0 Å². The summed E-state index contributed by atoms with van der Waals surface area (Å²) in [5.74, 6) is -1.04. The molecule has 1 N–H and O–H groups in total. The number of benzene rings is 3. The van der Waals surface area contributed by atoms with Crippen LogP contribution < -0.4 is 4.74 Å². The van der Waals surface area contributed by atoms with Gasteiger partial charge in [0.1, 0.15) is 28.0 Å². The second-order valence-corrected chi connectivity index (χ2v) is 14.9. The van der Waals surface area contributed by atoms with Crippen LogP contribution in [-0.4, -0.2) is 57.2 Å². The van der Waals surface area contributed by atoms with E-state index < -0.39 is 27.3 Å². The van der Waals surface area contributed by atoms with Crippen molar-refractivity contribution in [2.45, 2.75) is 97.2 Å². The molecule has 1 aliphatic rings. The van der Waals surface area contributed by atoms with Gasteiger partial charge in [-0.25, -0.2) is 13.1 Å². The summed E-state index contributed by atoms with van der Waals surface area (Å²) in [6.45, 7) is 12.8. The third-order valence-corrected chi connectivity index (χ3v) is 11.4. The van der Waals surface area contributed by atoms with E-state index in [1.54, 1.807) is 24.3 Å². The molecule has 10 nitrogen and oxygen atoms in total.